The Bertz CT molecular complexity index is 1170. The van der Waals surface area contributed by atoms with Crippen LogP contribution >= 0.6 is 11.6 Å². The maximum Gasteiger partial charge on any atom is 0.242 e. The van der Waals surface area contributed by atoms with Crippen LogP contribution in [0.25, 0.3) is 0 Å². The summed E-state index contributed by atoms with van der Waals surface area (Å²) in [5.41, 5.74) is 1.71. The molecule has 0 radical (unpaired) electrons. The van der Waals surface area contributed by atoms with Crippen LogP contribution in [0.5, 0.6) is 0 Å². The predicted molar refractivity (Wildman–Crippen MR) is 148 cm³/mol. The molecule has 0 aliphatic heterocycles. The average Bonchev–Trinajstić information content (AvgIpc) is 3.69. The van der Waals surface area contributed by atoms with Crippen LogP contribution < -0.4 is 10.0 Å². The first-order chi connectivity index (χ1) is 18.0. The average molecular weight is 564 g/mol. The predicted octanol–water partition coefficient (Wildman–Crippen LogP) is 4.06. The van der Waals surface area contributed by atoms with Gasteiger partial charge in [0.25, 0.3) is 0 Å². The molecule has 0 heterocycles. The molecule has 0 saturated heterocycles. The van der Waals surface area contributed by atoms with E-state index in [1.807, 2.05) is 26.0 Å². The summed E-state index contributed by atoms with van der Waals surface area (Å²) in [6.07, 6.45) is 3.16. The monoisotopic (exact) mass is 563 g/mol. The number of hydrogen-bond acceptors (Lipinski definition) is 5. The minimum Gasteiger partial charge on any atom is -0.379 e. The lowest BCUT2D eigenvalue weighted by Gasteiger charge is -2.29. The van der Waals surface area contributed by atoms with Gasteiger partial charge >= 0.3 is 0 Å². The highest BCUT2D eigenvalue weighted by Crippen LogP contribution is 2.22. The van der Waals surface area contributed by atoms with Crippen LogP contribution in [0.15, 0.2) is 53.4 Å². The summed E-state index contributed by atoms with van der Waals surface area (Å²) in [6.45, 7) is 6.93. The van der Waals surface area contributed by atoms with Gasteiger partial charge in [0.05, 0.1) is 11.0 Å². The number of nitrogens with one attached hydrogen (secondary N) is 2. The van der Waals surface area contributed by atoms with Crippen LogP contribution in [0.2, 0.25) is 5.02 Å². The molecule has 1 atom stereocenters. The number of benzene rings is 2. The van der Waals surface area contributed by atoms with Crippen molar-refractivity contribution in [2.24, 2.45) is 0 Å². The quantitative estimate of drug-likeness (QED) is 0.318. The van der Waals surface area contributed by atoms with Gasteiger partial charge in [-0.1, -0.05) is 35.9 Å². The van der Waals surface area contributed by atoms with Crippen molar-refractivity contribution in [3.8, 4) is 0 Å². The summed E-state index contributed by atoms with van der Waals surface area (Å²) in [4.78, 5) is 28.0. The van der Waals surface area contributed by atoms with E-state index in [0.29, 0.717) is 31.0 Å². The van der Waals surface area contributed by atoms with Gasteiger partial charge in [0.1, 0.15) is 6.04 Å². The Kier molecular flexibility index (Phi) is 11.1. The molecule has 10 heteroatoms. The van der Waals surface area contributed by atoms with E-state index in [1.165, 1.54) is 0 Å². The third kappa shape index (κ3) is 9.69. The normalized spacial score (nSPS) is 14.3. The lowest BCUT2D eigenvalue weighted by Crippen LogP contribution is -2.48. The van der Waals surface area contributed by atoms with Crippen molar-refractivity contribution in [1.29, 1.82) is 0 Å². The second-order valence-corrected chi connectivity index (χ2v) is 12.1. The second-order valence-electron chi connectivity index (χ2n) is 9.93. The topological polar surface area (TPSA) is 105 Å². The highest BCUT2D eigenvalue weighted by Gasteiger charge is 2.28. The van der Waals surface area contributed by atoms with Crippen molar-refractivity contribution in [2.45, 2.75) is 82.5 Å². The van der Waals surface area contributed by atoms with Gasteiger partial charge in [0.2, 0.25) is 21.8 Å². The molecule has 1 fully saturated rings. The molecule has 2 N–H and O–H groups in total. The van der Waals surface area contributed by atoms with E-state index in [9.17, 15) is 18.0 Å². The van der Waals surface area contributed by atoms with E-state index in [2.05, 4.69) is 10.0 Å². The largest absolute Gasteiger partial charge is 0.379 e. The maximum atomic E-state index is 13.3. The molecule has 0 unspecified atom stereocenters. The Hall–Kier alpha value is -2.46. The molecule has 38 heavy (non-hydrogen) atoms. The molecule has 2 aromatic carbocycles. The first kappa shape index (κ1) is 30.1. The number of nitrogens with zero attached hydrogens (tertiary/aromatic N) is 1. The van der Waals surface area contributed by atoms with Gasteiger partial charge < -0.3 is 15.0 Å². The van der Waals surface area contributed by atoms with Crippen LogP contribution in [0.3, 0.4) is 0 Å². The Balaban J connectivity index is 1.61. The summed E-state index contributed by atoms with van der Waals surface area (Å²) in [7, 11) is -3.52. The molecular formula is C28H38ClN3O5S. The standard InChI is InChI=1S/C28H38ClN3O5S/c1-20(2)37-18-4-17-30-28(34)21(3)32(19-23-5-10-24(29)11-6-23)27(33)16-9-22-7-14-26(15-8-22)38(35,36)31-25-12-13-25/h5-8,10-11,14-15,20-21,25,31H,4,9,12-13,16-19H2,1-3H3,(H,30,34)/t21-/m0/s1. The Morgan fingerprint density at radius 3 is 2.26 bits per heavy atom. The molecule has 0 spiro atoms. The molecule has 2 amide bonds. The number of carbonyl (C=O) groups is 2. The molecule has 1 aliphatic rings. The van der Waals surface area contributed by atoms with E-state index in [-0.39, 0.29) is 41.8 Å². The number of ether oxygens (including phenoxy) is 1. The Morgan fingerprint density at radius 2 is 1.66 bits per heavy atom. The summed E-state index contributed by atoms with van der Waals surface area (Å²) in [6, 6.07) is 13.1. The lowest BCUT2D eigenvalue weighted by atomic mass is 10.1. The van der Waals surface area contributed by atoms with Crippen LogP contribution in [0, 0.1) is 0 Å². The highest BCUT2D eigenvalue weighted by atomic mass is 35.5. The Morgan fingerprint density at radius 1 is 1.03 bits per heavy atom. The smallest absolute Gasteiger partial charge is 0.242 e. The number of aryl methyl sites for hydroxylation is 1. The number of halogens is 1. The number of amides is 2. The van der Waals surface area contributed by atoms with Crippen molar-refractivity contribution in [3.05, 3.63) is 64.7 Å². The number of hydrogen-bond donors (Lipinski definition) is 2. The summed E-state index contributed by atoms with van der Waals surface area (Å²) in [5, 5.41) is 3.50. The summed E-state index contributed by atoms with van der Waals surface area (Å²) in [5.74, 6) is -0.396. The lowest BCUT2D eigenvalue weighted by molar-refractivity contribution is -0.140. The summed E-state index contributed by atoms with van der Waals surface area (Å²) < 4.78 is 33.0. The number of sulfonamides is 1. The third-order valence-corrected chi connectivity index (χ3v) is 8.05. The molecule has 8 nitrogen and oxygen atoms in total. The zero-order valence-electron chi connectivity index (χ0n) is 22.3. The summed E-state index contributed by atoms with van der Waals surface area (Å²) >= 11 is 6.01. The van der Waals surface area contributed by atoms with Crippen LogP contribution in [0.4, 0.5) is 0 Å². The van der Waals surface area contributed by atoms with Gasteiger partial charge in [0, 0.05) is 37.2 Å². The van der Waals surface area contributed by atoms with E-state index in [4.69, 9.17) is 16.3 Å². The van der Waals surface area contributed by atoms with Gasteiger partial charge in [-0.25, -0.2) is 13.1 Å². The van der Waals surface area contributed by atoms with Crippen molar-refractivity contribution in [1.82, 2.24) is 14.9 Å². The molecule has 0 aromatic heterocycles. The van der Waals surface area contributed by atoms with E-state index in [0.717, 1.165) is 24.0 Å². The molecule has 3 rings (SSSR count). The number of carbonyl (C=O) groups excluding carboxylic acids is 2. The molecule has 1 saturated carbocycles. The van der Waals surface area contributed by atoms with Crippen molar-refractivity contribution in [3.63, 3.8) is 0 Å². The molecular weight excluding hydrogens is 526 g/mol. The van der Waals surface area contributed by atoms with Gasteiger partial charge in [-0.2, -0.15) is 0 Å². The first-order valence-corrected chi connectivity index (χ1v) is 15.0. The van der Waals surface area contributed by atoms with E-state index >= 15 is 0 Å². The van der Waals surface area contributed by atoms with E-state index in [1.54, 1.807) is 48.2 Å². The fraction of sp³-hybridized carbons (Fsp3) is 0.500. The van der Waals surface area contributed by atoms with Crippen molar-refractivity contribution in [2.75, 3.05) is 13.2 Å². The molecule has 208 valence electrons. The molecule has 0 bridgehead atoms. The van der Waals surface area contributed by atoms with E-state index < -0.39 is 16.1 Å². The van der Waals surface area contributed by atoms with Crippen molar-refractivity contribution >= 4 is 33.4 Å². The van der Waals surface area contributed by atoms with Gasteiger partial charge in [-0.3, -0.25) is 9.59 Å². The van der Waals surface area contributed by atoms with Crippen LogP contribution in [-0.4, -0.2) is 56.5 Å². The minimum atomic E-state index is -3.52. The second kappa shape index (κ2) is 14.1. The zero-order valence-corrected chi connectivity index (χ0v) is 23.9. The van der Waals surface area contributed by atoms with Gasteiger partial charge in [-0.15, -0.1) is 0 Å². The highest BCUT2D eigenvalue weighted by molar-refractivity contribution is 7.89. The van der Waals surface area contributed by atoms with Crippen LogP contribution in [0.1, 0.15) is 57.6 Å². The van der Waals surface area contributed by atoms with Crippen LogP contribution in [-0.2, 0) is 37.3 Å². The first-order valence-electron chi connectivity index (χ1n) is 13.1. The fourth-order valence-corrected chi connectivity index (χ4v) is 5.27. The fourth-order valence-electron chi connectivity index (χ4n) is 3.84. The minimum absolute atomic E-state index is 0.0384. The molecule has 2 aromatic rings. The maximum absolute atomic E-state index is 13.3. The van der Waals surface area contributed by atoms with Gasteiger partial charge in [0.15, 0.2) is 0 Å². The molecule has 1 aliphatic carbocycles. The number of rotatable bonds is 15. The zero-order chi connectivity index (χ0) is 27.7. The SMILES string of the molecule is CC(C)OCCCNC(=O)[C@H](C)N(Cc1ccc(Cl)cc1)C(=O)CCc1ccc(S(=O)(=O)NC2CC2)cc1. The van der Waals surface area contributed by atoms with Gasteiger partial charge in [-0.05, 0) is 81.8 Å². The third-order valence-electron chi connectivity index (χ3n) is 6.27. The Labute approximate surface area is 231 Å². The van der Waals surface area contributed by atoms with Crippen molar-refractivity contribution < 1.29 is 22.7 Å².